The number of aromatic nitrogens is 2. The molecular weight excluding hydrogens is 266 g/mol. The Balaban J connectivity index is 2.08. The van der Waals surface area contributed by atoms with Crippen molar-refractivity contribution in [3.8, 4) is 11.5 Å². The van der Waals surface area contributed by atoms with Crippen LogP contribution in [0.2, 0.25) is 0 Å². The van der Waals surface area contributed by atoms with Gasteiger partial charge in [0, 0.05) is 36.1 Å². The van der Waals surface area contributed by atoms with Crippen molar-refractivity contribution in [3.63, 3.8) is 0 Å². The molecule has 0 spiro atoms. The second kappa shape index (κ2) is 6.95. The second-order valence-electron chi connectivity index (χ2n) is 4.72. The van der Waals surface area contributed by atoms with Crippen LogP contribution in [0.4, 0.5) is 0 Å². The predicted molar refractivity (Wildman–Crippen MR) is 83.4 cm³/mol. The number of methoxy groups -OCH3 is 2. The van der Waals surface area contributed by atoms with Gasteiger partial charge in [-0.3, -0.25) is 0 Å². The number of nitrogens with one attached hydrogen (secondary N) is 1. The van der Waals surface area contributed by atoms with Crippen LogP contribution in [0.25, 0.3) is 6.20 Å². The zero-order chi connectivity index (χ0) is 15.2. The minimum Gasteiger partial charge on any atom is -0.497 e. The smallest absolute Gasteiger partial charge is 0.123 e. The highest BCUT2D eigenvalue weighted by Crippen LogP contribution is 2.29. The average molecular weight is 287 g/mol. The topological polar surface area (TPSA) is 48.3 Å². The summed E-state index contributed by atoms with van der Waals surface area (Å²) in [5.74, 6) is 1.66. The Hall–Kier alpha value is -2.27. The van der Waals surface area contributed by atoms with E-state index in [1.165, 1.54) is 0 Å². The largest absolute Gasteiger partial charge is 0.497 e. The Kier molecular flexibility index (Phi) is 5.00. The lowest BCUT2D eigenvalue weighted by Gasteiger charge is -2.18. The standard InChI is InChI=1S/C16H21N3O2/c1-5-19-11-13(10-18-19)9-17-12(2)15-8-14(20-3)6-7-16(15)21-4/h5-8,10-12,17H,1,9H2,2-4H3. The monoisotopic (exact) mass is 287 g/mol. The maximum Gasteiger partial charge on any atom is 0.123 e. The lowest BCUT2D eigenvalue weighted by molar-refractivity contribution is 0.391. The van der Waals surface area contributed by atoms with Gasteiger partial charge in [-0.1, -0.05) is 6.58 Å². The summed E-state index contributed by atoms with van der Waals surface area (Å²) in [6.45, 7) is 6.49. The second-order valence-corrected chi connectivity index (χ2v) is 4.72. The first-order valence-corrected chi connectivity index (χ1v) is 6.78. The van der Waals surface area contributed by atoms with Gasteiger partial charge in [-0.25, -0.2) is 4.68 Å². The van der Waals surface area contributed by atoms with Crippen molar-refractivity contribution in [1.29, 1.82) is 0 Å². The van der Waals surface area contributed by atoms with Crippen molar-refractivity contribution in [2.45, 2.75) is 19.5 Å². The third-order valence-electron chi connectivity index (χ3n) is 3.36. The van der Waals surface area contributed by atoms with Crippen LogP contribution in [-0.2, 0) is 6.54 Å². The molecule has 0 saturated carbocycles. The lowest BCUT2D eigenvalue weighted by Crippen LogP contribution is -2.18. The first-order valence-electron chi connectivity index (χ1n) is 6.78. The van der Waals surface area contributed by atoms with Crippen LogP contribution in [0, 0.1) is 0 Å². The molecule has 0 aliphatic rings. The fourth-order valence-corrected chi connectivity index (χ4v) is 2.13. The molecule has 0 amide bonds. The van der Waals surface area contributed by atoms with Gasteiger partial charge in [0.25, 0.3) is 0 Å². The molecule has 0 fully saturated rings. The molecule has 112 valence electrons. The van der Waals surface area contributed by atoms with Crippen LogP contribution < -0.4 is 14.8 Å². The Bertz CT molecular complexity index is 607. The van der Waals surface area contributed by atoms with Crippen LogP contribution in [0.15, 0.2) is 37.2 Å². The van der Waals surface area contributed by atoms with Gasteiger partial charge in [-0.05, 0) is 25.1 Å². The van der Waals surface area contributed by atoms with Gasteiger partial charge in [0.1, 0.15) is 11.5 Å². The summed E-state index contributed by atoms with van der Waals surface area (Å²) in [5.41, 5.74) is 2.16. The van der Waals surface area contributed by atoms with Crippen LogP contribution in [0.3, 0.4) is 0 Å². The summed E-state index contributed by atoms with van der Waals surface area (Å²) in [5, 5.41) is 7.62. The summed E-state index contributed by atoms with van der Waals surface area (Å²) >= 11 is 0. The number of nitrogens with zero attached hydrogens (tertiary/aromatic N) is 2. The molecule has 0 saturated heterocycles. The van der Waals surface area contributed by atoms with E-state index in [9.17, 15) is 0 Å². The van der Waals surface area contributed by atoms with Crippen molar-refractivity contribution in [2.24, 2.45) is 0 Å². The first kappa shape index (κ1) is 15.1. The van der Waals surface area contributed by atoms with E-state index in [2.05, 4.69) is 23.9 Å². The predicted octanol–water partition coefficient (Wildman–Crippen LogP) is 2.85. The molecule has 21 heavy (non-hydrogen) atoms. The zero-order valence-corrected chi connectivity index (χ0v) is 12.7. The molecule has 0 aliphatic carbocycles. The molecule has 1 atom stereocenters. The van der Waals surface area contributed by atoms with E-state index in [1.807, 2.05) is 30.6 Å². The summed E-state index contributed by atoms with van der Waals surface area (Å²) in [6, 6.07) is 5.93. The third kappa shape index (κ3) is 3.64. The molecule has 0 aliphatic heterocycles. The molecule has 5 heteroatoms. The van der Waals surface area contributed by atoms with Gasteiger partial charge in [0.05, 0.1) is 20.4 Å². The van der Waals surface area contributed by atoms with Crippen LogP contribution in [-0.4, -0.2) is 24.0 Å². The van der Waals surface area contributed by atoms with Crippen molar-refractivity contribution in [1.82, 2.24) is 15.1 Å². The normalized spacial score (nSPS) is 12.0. The van der Waals surface area contributed by atoms with E-state index in [0.29, 0.717) is 0 Å². The molecule has 1 N–H and O–H groups in total. The minimum atomic E-state index is 0.127. The Morgan fingerprint density at radius 2 is 2.19 bits per heavy atom. The summed E-state index contributed by atoms with van der Waals surface area (Å²) in [6.07, 6.45) is 5.43. The van der Waals surface area contributed by atoms with Gasteiger partial charge < -0.3 is 14.8 Å². The van der Waals surface area contributed by atoms with Crippen molar-refractivity contribution in [2.75, 3.05) is 14.2 Å². The molecule has 1 heterocycles. The number of ether oxygens (including phenoxy) is 2. The number of benzene rings is 1. The maximum atomic E-state index is 5.41. The van der Waals surface area contributed by atoms with Gasteiger partial charge in [-0.15, -0.1) is 0 Å². The highest BCUT2D eigenvalue weighted by molar-refractivity contribution is 5.42. The van der Waals surface area contributed by atoms with Gasteiger partial charge in [0.2, 0.25) is 0 Å². The van der Waals surface area contributed by atoms with Crippen molar-refractivity contribution in [3.05, 3.63) is 48.3 Å². The zero-order valence-electron chi connectivity index (χ0n) is 12.7. The van der Waals surface area contributed by atoms with Gasteiger partial charge in [-0.2, -0.15) is 5.10 Å². The van der Waals surface area contributed by atoms with Crippen LogP contribution in [0.5, 0.6) is 11.5 Å². The fraction of sp³-hybridized carbons (Fsp3) is 0.312. The quantitative estimate of drug-likeness (QED) is 0.850. The fourth-order valence-electron chi connectivity index (χ4n) is 2.13. The summed E-state index contributed by atoms with van der Waals surface area (Å²) < 4.78 is 12.4. The van der Waals surface area contributed by atoms with E-state index in [0.717, 1.165) is 29.2 Å². The van der Waals surface area contributed by atoms with E-state index < -0.39 is 0 Å². The Morgan fingerprint density at radius 3 is 2.81 bits per heavy atom. The van der Waals surface area contributed by atoms with E-state index in [-0.39, 0.29) is 6.04 Å². The first-order chi connectivity index (χ1) is 10.2. The van der Waals surface area contributed by atoms with Gasteiger partial charge in [0.15, 0.2) is 0 Å². The Morgan fingerprint density at radius 1 is 1.38 bits per heavy atom. The molecule has 0 radical (unpaired) electrons. The number of rotatable bonds is 7. The Labute approximate surface area is 125 Å². The number of hydrogen-bond donors (Lipinski definition) is 1. The molecule has 0 bridgehead atoms. The molecule has 1 aromatic heterocycles. The average Bonchev–Trinajstić information content (AvgIpc) is 3.00. The maximum absolute atomic E-state index is 5.41. The number of hydrogen-bond acceptors (Lipinski definition) is 4. The van der Waals surface area contributed by atoms with E-state index in [1.54, 1.807) is 25.1 Å². The van der Waals surface area contributed by atoms with Crippen molar-refractivity contribution >= 4 is 6.20 Å². The molecular formula is C16H21N3O2. The molecule has 1 unspecified atom stereocenters. The summed E-state index contributed by atoms with van der Waals surface area (Å²) in [4.78, 5) is 0. The van der Waals surface area contributed by atoms with E-state index >= 15 is 0 Å². The van der Waals surface area contributed by atoms with Crippen LogP contribution in [0.1, 0.15) is 24.1 Å². The highest BCUT2D eigenvalue weighted by atomic mass is 16.5. The van der Waals surface area contributed by atoms with Crippen molar-refractivity contribution < 1.29 is 9.47 Å². The minimum absolute atomic E-state index is 0.127. The van der Waals surface area contributed by atoms with Crippen LogP contribution >= 0.6 is 0 Å². The van der Waals surface area contributed by atoms with E-state index in [4.69, 9.17) is 9.47 Å². The third-order valence-corrected chi connectivity index (χ3v) is 3.36. The highest BCUT2D eigenvalue weighted by Gasteiger charge is 2.12. The molecule has 1 aromatic carbocycles. The SMILES string of the molecule is C=Cn1cc(CNC(C)c2cc(OC)ccc2OC)cn1. The molecule has 2 aromatic rings. The molecule has 5 nitrogen and oxygen atoms in total. The lowest BCUT2D eigenvalue weighted by atomic mass is 10.1. The van der Waals surface area contributed by atoms with Gasteiger partial charge >= 0.3 is 0 Å². The summed E-state index contributed by atoms with van der Waals surface area (Å²) in [7, 11) is 3.33. The molecule has 2 rings (SSSR count).